The Morgan fingerprint density at radius 1 is 1.04 bits per heavy atom. The Balaban J connectivity index is 2.09. The molecule has 0 bridgehead atoms. The van der Waals surface area contributed by atoms with Gasteiger partial charge in [0.25, 0.3) is 0 Å². The molecule has 0 spiro atoms. The van der Waals surface area contributed by atoms with Crippen molar-refractivity contribution in [3.05, 3.63) is 58.1 Å². The van der Waals surface area contributed by atoms with Gasteiger partial charge in [0.15, 0.2) is 5.11 Å². The Morgan fingerprint density at radius 2 is 1.62 bits per heavy atom. The first-order valence-corrected chi connectivity index (χ1v) is 7.71. The van der Waals surface area contributed by atoms with Crippen LogP contribution in [-0.4, -0.2) is 11.0 Å². The lowest BCUT2D eigenvalue weighted by atomic mass is 10.2. The standard InChI is InChI=1S/C15H11BrF3N3OS/c16-10-5-9(15(17,18)19)6-12(7-10)22-14(24)21-11-3-1-8(2-4-11)13(20)23/h1-7H,(H2,20,23)(H2,21,22,24). The van der Waals surface area contributed by atoms with Gasteiger partial charge in [0, 0.05) is 21.4 Å². The maximum absolute atomic E-state index is 12.8. The topological polar surface area (TPSA) is 67.2 Å². The number of anilines is 2. The largest absolute Gasteiger partial charge is 0.416 e. The van der Waals surface area contributed by atoms with E-state index in [1.165, 1.54) is 18.2 Å². The van der Waals surface area contributed by atoms with Gasteiger partial charge < -0.3 is 16.4 Å². The zero-order valence-corrected chi connectivity index (χ0v) is 14.3. The van der Waals surface area contributed by atoms with E-state index in [-0.39, 0.29) is 15.3 Å². The number of nitrogens with two attached hydrogens (primary N) is 1. The molecule has 0 atom stereocenters. The molecule has 0 radical (unpaired) electrons. The average Bonchev–Trinajstić information content (AvgIpc) is 2.46. The highest BCUT2D eigenvalue weighted by molar-refractivity contribution is 9.10. The van der Waals surface area contributed by atoms with Gasteiger partial charge in [-0.2, -0.15) is 13.2 Å². The Labute approximate surface area is 149 Å². The molecule has 126 valence electrons. The molecule has 0 unspecified atom stereocenters. The molecule has 0 heterocycles. The molecule has 9 heteroatoms. The van der Waals surface area contributed by atoms with Gasteiger partial charge >= 0.3 is 6.18 Å². The highest BCUT2D eigenvalue weighted by Crippen LogP contribution is 2.33. The highest BCUT2D eigenvalue weighted by atomic mass is 79.9. The maximum Gasteiger partial charge on any atom is 0.416 e. The number of thiocarbonyl (C=S) groups is 1. The number of primary amides is 1. The van der Waals surface area contributed by atoms with Crippen LogP contribution in [0.3, 0.4) is 0 Å². The fraction of sp³-hybridized carbons (Fsp3) is 0.0667. The van der Waals surface area contributed by atoms with Crippen LogP contribution >= 0.6 is 28.1 Å². The number of carbonyl (C=O) groups is 1. The van der Waals surface area contributed by atoms with E-state index in [0.29, 0.717) is 11.3 Å². The monoisotopic (exact) mass is 417 g/mol. The van der Waals surface area contributed by atoms with Crippen molar-refractivity contribution in [3.8, 4) is 0 Å². The molecule has 0 aliphatic heterocycles. The predicted molar refractivity (Wildman–Crippen MR) is 93.9 cm³/mol. The van der Waals surface area contributed by atoms with Crippen molar-refractivity contribution in [3.63, 3.8) is 0 Å². The lowest BCUT2D eigenvalue weighted by Gasteiger charge is -2.13. The van der Waals surface area contributed by atoms with Gasteiger partial charge in [-0.25, -0.2) is 0 Å². The van der Waals surface area contributed by atoms with Crippen LogP contribution in [-0.2, 0) is 6.18 Å². The zero-order valence-electron chi connectivity index (χ0n) is 11.9. The van der Waals surface area contributed by atoms with Crippen LogP contribution in [0.4, 0.5) is 24.5 Å². The van der Waals surface area contributed by atoms with Crippen LogP contribution in [0.5, 0.6) is 0 Å². The van der Waals surface area contributed by atoms with Gasteiger partial charge in [-0.3, -0.25) is 4.79 Å². The molecule has 2 rings (SSSR count). The third-order valence-electron chi connectivity index (χ3n) is 2.91. The molecule has 0 saturated heterocycles. The molecule has 0 fully saturated rings. The van der Waals surface area contributed by atoms with Crippen molar-refractivity contribution in [2.24, 2.45) is 5.73 Å². The van der Waals surface area contributed by atoms with E-state index in [4.69, 9.17) is 18.0 Å². The van der Waals surface area contributed by atoms with Crippen molar-refractivity contribution >= 4 is 50.5 Å². The Kier molecular flexibility index (Phi) is 5.45. The van der Waals surface area contributed by atoms with Crippen LogP contribution in [0, 0.1) is 0 Å². The smallest absolute Gasteiger partial charge is 0.366 e. The number of nitrogens with one attached hydrogen (secondary N) is 2. The summed E-state index contributed by atoms with van der Waals surface area (Å²) >= 11 is 8.11. The van der Waals surface area contributed by atoms with Crippen molar-refractivity contribution in [1.29, 1.82) is 0 Å². The second-order valence-corrected chi connectivity index (χ2v) is 6.07. The fourth-order valence-electron chi connectivity index (χ4n) is 1.84. The third kappa shape index (κ3) is 4.93. The van der Waals surface area contributed by atoms with Crippen molar-refractivity contribution in [2.75, 3.05) is 10.6 Å². The van der Waals surface area contributed by atoms with Crippen molar-refractivity contribution in [1.82, 2.24) is 0 Å². The molecule has 2 aromatic rings. The molecule has 0 saturated carbocycles. The summed E-state index contributed by atoms with van der Waals surface area (Å²) < 4.78 is 38.7. The van der Waals surface area contributed by atoms with E-state index < -0.39 is 17.6 Å². The summed E-state index contributed by atoms with van der Waals surface area (Å²) in [5.74, 6) is -0.559. The number of rotatable bonds is 3. The van der Waals surface area contributed by atoms with Gasteiger partial charge in [0.1, 0.15) is 0 Å². The third-order valence-corrected chi connectivity index (χ3v) is 3.57. The molecule has 2 aromatic carbocycles. The SMILES string of the molecule is NC(=O)c1ccc(NC(=S)Nc2cc(Br)cc(C(F)(F)F)c2)cc1. The Hall–Kier alpha value is -2.13. The molecule has 0 aliphatic rings. The number of alkyl halides is 3. The van der Waals surface area contributed by atoms with E-state index in [9.17, 15) is 18.0 Å². The van der Waals surface area contributed by atoms with Crippen LogP contribution in [0.2, 0.25) is 0 Å². The number of benzene rings is 2. The zero-order chi connectivity index (χ0) is 17.9. The first-order chi connectivity index (χ1) is 11.1. The van der Waals surface area contributed by atoms with Gasteiger partial charge in [-0.1, -0.05) is 15.9 Å². The average molecular weight is 418 g/mol. The Bertz CT molecular complexity index is 779. The number of hydrogen-bond donors (Lipinski definition) is 3. The Morgan fingerprint density at radius 3 is 2.17 bits per heavy atom. The summed E-state index contributed by atoms with van der Waals surface area (Å²) in [7, 11) is 0. The number of carbonyl (C=O) groups excluding carboxylic acids is 1. The number of amides is 1. The summed E-state index contributed by atoms with van der Waals surface area (Å²) in [5, 5.41) is 5.59. The quantitative estimate of drug-likeness (QED) is 0.648. The van der Waals surface area contributed by atoms with Gasteiger partial charge in [0.05, 0.1) is 5.56 Å². The molecular formula is C15H11BrF3N3OS. The molecule has 4 N–H and O–H groups in total. The van der Waals surface area contributed by atoms with Crippen LogP contribution in [0.15, 0.2) is 46.9 Å². The van der Waals surface area contributed by atoms with Crippen LogP contribution < -0.4 is 16.4 Å². The summed E-state index contributed by atoms with van der Waals surface area (Å²) in [5.41, 5.74) is 5.42. The fourth-order valence-corrected chi connectivity index (χ4v) is 2.57. The number of hydrogen-bond acceptors (Lipinski definition) is 2. The van der Waals surface area contributed by atoms with E-state index in [1.54, 1.807) is 12.1 Å². The van der Waals surface area contributed by atoms with Crippen LogP contribution in [0.1, 0.15) is 15.9 Å². The molecule has 0 aromatic heterocycles. The maximum atomic E-state index is 12.8. The first-order valence-electron chi connectivity index (χ1n) is 6.51. The van der Waals surface area contributed by atoms with E-state index in [1.807, 2.05) is 0 Å². The van der Waals surface area contributed by atoms with E-state index >= 15 is 0 Å². The van der Waals surface area contributed by atoms with E-state index in [0.717, 1.165) is 12.1 Å². The summed E-state index contributed by atoms with van der Waals surface area (Å²) in [6, 6.07) is 9.58. The first kappa shape index (κ1) is 18.2. The summed E-state index contributed by atoms with van der Waals surface area (Å²) in [6.45, 7) is 0. The number of halogens is 4. The minimum Gasteiger partial charge on any atom is -0.366 e. The van der Waals surface area contributed by atoms with Crippen LogP contribution in [0.25, 0.3) is 0 Å². The molecule has 0 aliphatic carbocycles. The minimum atomic E-state index is -4.46. The van der Waals surface area contributed by atoms with Gasteiger partial charge in [0.2, 0.25) is 5.91 Å². The minimum absolute atomic E-state index is 0.105. The molecule has 24 heavy (non-hydrogen) atoms. The van der Waals surface area contributed by atoms with Crippen molar-refractivity contribution < 1.29 is 18.0 Å². The molecule has 1 amide bonds. The highest BCUT2D eigenvalue weighted by Gasteiger charge is 2.31. The lowest BCUT2D eigenvalue weighted by Crippen LogP contribution is -2.19. The molecular weight excluding hydrogens is 407 g/mol. The summed E-state index contributed by atoms with van der Waals surface area (Å²) in [6.07, 6.45) is -4.46. The van der Waals surface area contributed by atoms with Gasteiger partial charge in [-0.05, 0) is 54.7 Å². The van der Waals surface area contributed by atoms with Crippen molar-refractivity contribution in [2.45, 2.75) is 6.18 Å². The summed E-state index contributed by atoms with van der Waals surface area (Å²) in [4.78, 5) is 11.0. The predicted octanol–water partition coefficient (Wildman–Crippen LogP) is 4.38. The molecule has 4 nitrogen and oxygen atoms in total. The second-order valence-electron chi connectivity index (χ2n) is 4.75. The second kappa shape index (κ2) is 7.18. The normalized spacial score (nSPS) is 11.0. The lowest BCUT2D eigenvalue weighted by molar-refractivity contribution is -0.137. The van der Waals surface area contributed by atoms with E-state index in [2.05, 4.69) is 26.6 Å². The van der Waals surface area contributed by atoms with Gasteiger partial charge in [-0.15, -0.1) is 0 Å².